The maximum atomic E-state index is 13.3. The van der Waals surface area contributed by atoms with Crippen LogP contribution in [0.15, 0.2) is 45.6 Å². The van der Waals surface area contributed by atoms with Crippen LogP contribution in [0.1, 0.15) is 45.1 Å². The number of hydrogen-bond acceptors (Lipinski definition) is 6. The molecule has 0 N–H and O–H groups in total. The number of rotatable bonds is 8. The Bertz CT molecular complexity index is 1010. The second-order valence-corrected chi connectivity index (χ2v) is 9.06. The summed E-state index contributed by atoms with van der Waals surface area (Å²) in [7, 11) is 0. The van der Waals surface area contributed by atoms with E-state index in [1.807, 2.05) is 32.0 Å². The summed E-state index contributed by atoms with van der Waals surface area (Å²) in [6, 6.07) is 7.23. The Kier molecular flexibility index (Phi) is 7.72. The number of ether oxygens (including phenoxy) is 2. The van der Waals surface area contributed by atoms with E-state index in [4.69, 9.17) is 31.6 Å². The van der Waals surface area contributed by atoms with Crippen molar-refractivity contribution in [3.63, 3.8) is 0 Å². The molecule has 0 radical (unpaired) electrons. The van der Waals surface area contributed by atoms with Crippen LogP contribution in [-0.4, -0.2) is 43.8 Å². The Morgan fingerprint density at radius 1 is 1.31 bits per heavy atom. The number of Topliss-reactive ketones (excluding diaryl/α,β-unsaturated/α-hetero) is 1. The van der Waals surface area contributed by atoms with Crippen LogP contribution in [0.4, 0.5) is 0 Å². The van der Waals surface area contributed by atoms with E-state index in [1.165, 1.54) is 0 Å². The monoisotopic (exact) mass is 458 g/mol. The van der Waals surface area contributed by atoms with Crippen molar-refractivity contribution in [2.45, 2.75) is 39.5 Å². The summed E-state index contributed by atoms with van der Waals surface area (Å²) < 4.78 is 11.0. The van der Waals surface area contributed by atoms with E-state index in [9.17, 15) is 9.59 Å². The summed E-state index contributed by atoms with van der Waals surface area (Å²) in [5.74, 6) is -1.68. The highest BCUT2D eigenvalue weighted by Crippen LogP contribution is 2.48. The number of carbonyl (C=O) groups excluding carboxylic acids is 2. The number of azide groups is 1. The Hall–Kier alpha value is -2.67. The summed E-state index contributed by atoms with van der Waals surface area (Å²) in [5.41, 5.74) is 10.4. The molecule has 2 atom stereocenters. The molecule has 170 valence electrons. The first-order valence-corrected chi connectivity index (χ1v) is 11.0. The fourth-order valence-electron chi connectivity index (χ4n) is 4.44. The van der Waals surface area contributed by atoms with E-state index in [-0.39, 0.29) is 37.6 Å². The van der Waals surface area contributed by atoms with Crippen LogP contribution >= 0.6 is 11.6 Å². The average molecular weight is 459 g/mol. The minimum atomic E-state index is -0.602. The SMILES string of the molecule is CCOC(=O)C1=C(COCCN=[N+]=[N-])N=C2CC(C)(C)CC(=O)C2C1c1ccccc1Cl. The number of hydrogen-bond donors (Lipinski definition) is 0. The molecule has 1 aliphatic carbocycles. The molecule has 1 fully saturated rings. The van der Waals surface area contributed by atoms with Crippen LogP contribution < -0.4 is 0 Å². The summed E-state index contributed by atoms with van der Waals surface area (Å²) >= 11 is 6.55. The van der Waals surface area contributed by atoms with E-state index in [1.54, 1.807) is 13.0 Å². The second kappa shape index (κ2) is 10.3. The van der Waals surface area contributed by atoms with Gasteiger partial charge in [-0.05, 0) is 35.9 Å². The number of esters is 1. The van der Waals surface area contributed by atoms with E-state index >= 15 is 0 Å². The molecule has 9 heteroatoms. The molecule has 2 aliphatic rings. The lowest BCUT2D eigenvalue weighted by molar-refractivity contribution is -0.139. The molecule has 32 heavy (non-hydrogen) atoms. The first kappa shape index (κ1) is 24.0. The fourth-order valence-corrected chi connectivity index (χ4v) is 4.70. The molecule has 2 unspecified atom stereocenters. The lowest BCUT2D eigenvalue weighted by Gasteiger charge is -2.41. The number of ketones is 1. The predicted octanol–water partition coefficient (Wildman–Crippen LogP) is 5.03. The molecule has 1 heterocycles. The Morgan fingerprint density at radius 2 is 2.06 bits per heavy atom. The van der Waals surface area contributed by atoms with Gasteiger partial charge in [0, 0.05) is 34.5 Å². The molecule has 3 rings (SSSR count). The minimum absolute atomic E-state index is 0.0287. The predicted molar refractivity (Wildman–Crippen MR) is 122 cm³/mol. The van der Waals surface area contributed by atoms with Crippen molar-refractivity contribution in [2.24, 2.45) is 21.4 Å². The van der Waals surface area contributed by atoms with E-state index in [0.29, 0.717) is 34.7 Å². The number of benzene rings is 1. The third kappa shape index (κ3) is 5.21. The Morgan fingerprint density at radius 3 is 2.75 bits per heavy atom. The number of halogens is 1. The van der Waals surface area contributed by atoms with Crippen molar-refractivity contribution in [1.29, 1.82) is 0 Å². The lowest BCUT2D eigenvalue weighted by Crippen LogP contribution is -2.44. The summed E-state index contributed by atoms with van der Waals surface area (Å²) in [5, 5.41) is 3.93. The van der Waals surface area contributed by atoms with Crippen LogP contribution in [0.3, 0.4) is 0 Å². The van der Waals surface area contributed by atoms with Crippen LogP contribution in [0.25, 0.3) is 10.4 Å². The highest BCUT2D eigenvalue weighted by atomic mass is 35.5. The third-order valence-electron chi connectivity index (χ3n) is 5.63. The van der Waals surface area contributed by atoms with Crippen LogP contribution in [0.2, 0.25) is 5.02 Å². The van der Waals surface area contributed by atoms with Crippen LogP contribution in [-0.2, 0) is 19.1 Å². The summed E-state index contributed by atoms with van der Waals surface area (Å²) in [4.78, 5) is 33.9. The van der Waals surface area contributed by atoms with Gasteiger partial charge >= 0.3 is 5.97 Å². The fraction of sp³-hybridized carbons (Fsp3) is 0.522. The first-order chi connectivity index (χ1) is 15.3. The molecular formula is C23H27ClN4O4. The smallest absolute Gasteiger partial charge is 0.336 e. The summed E-state index contributed by atoms with van der Waals surface area (Å²) in [6.45, 7) is 6.36. The van der Waals surface area contributed by atoms with Gasteiger partial charge in [-0.25, -0.2) is 4.79 Å². The molecule has 0 aromatic heterocycles. The number of fused-ring (bicyclic) bond motifs is 1. The van der Waals surface area contributed by atoms with Crippen molar-refractivity contribution in [2.75, 3.05) is 26.4 Å². The van der Waals surface area contributed by atoms with Crippen LogP contribution in [0.5, 0.6) is 0 Å². The van der Waals surface area contributed by atoms with Gasteiger partial charge in [-0.1, -0.05) is 48.8 Å². The van der Waals surface area contributed by atoms with Crippen molar-refractivity contribution < 1.29 is 19.1 Å². The van der Waals surface area contributed by atoms with Crippen LogP contribution in [0, 0.1) is 11.3 Å². The quantitative estimate of drug-likeness (QED) is 0.179. The minimum Gasteiger partial charge on any atom is -0.463 e. The molecule has 1 saturated carbocycles. The van der Waals surface area contributed by atoms with Gasteiger partial charge in [0.1, 0.15) is 5.78 Å². The zero-order valence-electron chi connectivity index (χ0n) is 18.5. The molecule has 0 saturated heterocycles. The van der Waals surface area contributed by atoms with Gasteiger partial charge in [0.2, 0.25) is 0 Å². The van der Waals surface area contributed by atoms with Crippen molar-refractivity contribution >= 4 is 29.1 Å². The zero-order valence-corrected chi connectivity index (χ0v) is 19.3. The molecule has 0 bridgehead atoms. The molecule has 0 spiro atoms. The molecule has 1 aromatic rings. The lowest BCUT2D eigenvalue weighted by atomic mass is 9.63. The topological polar surface area (TPSA) is 114 Å². The molecule has 1 aromatic carbocycles. The average Bonchev–Trinajstić information content (AvgIpc) is 2.72. The first-order valence-electron chi connectivity index (χ1n) is 10.6. The van der Waals surface area contributed by atoms with E-state index in [2.05, 4.69) is 10.0 Å². The van der Waals surface area contributed by atoms with E-state index < -0.39 is 17.8 Å². The zero-order chi connectivity index (χ0) is 23.3. The maximum absolute atomic E-state index is 13.3. The maximum Gasteiger partial charge on any atom is 0.336 e. The van der Waals surface area contributed by atoms with Gasteiger partial charge in [-0.3, -0.25) is 9.79 Å². The van der Waals surface area contributed by atoms with Gasteiger partial charge in [0.25, 0.3) is 0 Å². The van der Waals surface area contributed by atoms with Gasteiger partial charge in [0.15, 0.2) is 0 Å². The standard InChI is InChI=1S/C23H27ClN4O4/c1-4-32-22(30)21-17(13-31-10-9-26-28-25)27-16-11-23(2,3)12-18(29)20(16)19(21)14-7-5-6-8-15(14)24/h5-8,19-20H,4,9-13H2,1-3H3. The van der Waals surface area contributed by atoms with Crippen molar-refractivity contribution in [1.82, 2.24) is 0 Å². The molecular weight excluding hydrogens is 432 g/mol. The van der Waals surface area contributed by atoms with Gasteiger partial charge in [-0.2, -0.15) is 0 Å². The largest absolute Gasteiger partial charge is 0.463 e. The van der Waals surface area contributed by atoms with Gasteiger partial charge in [0.05, 0.1) is 37.0 Å². The van der Waals surface area contributed by atoms with Gasteiger partial charge in [-0.15, -0.1) is 0 Å². The molecule has 0 amide bonds. The number of carbonyl (C=O) groups is 2. The molecule has 8 nitrogen and oxygen atoms in total. The Balaban J connectivity index is 2.13. The third-order valence-corrected chi connectivity index (χ3v) is 5.97. The number of nitrogens with zero attached hydrogens (tertiary/aromatic N) is 4. The van der Waals surface area contributed by atoms with Crippen molar-refractivity contribution in [3.8, 4) is 0 Å². The highest BCUT2D eigenvalue weighted by molar-refractivity contribution is 6.31. The van der Waals surface area contributed by atoms with Gasteiger partial charge < -0.3 is 9.47 Å². The molecule has 1 aliphatic heterocycles. The Labute approximate surface area is 192 Å². The highest BCUT2D eigenvalue weighted by Gasteiger charge is 2.48. The van der Waals surface area contributed by atoms with E-state index in [0.717, 1.165) is 5.71 Å². The second-order valence-electron chi connectivity index (χ2n) is 8.65. The summed E-state index contributed by atoms with van der Waals surface area (Å²) in [6.07, 6.45) is 1.02. The normalized spacial score (nSPS) is 22.0. The van der Waals surface area contributed by atoms with Crippen molar-refractivity contribution in [3.05, 3.63) is 56.6 Å². The number of aliphatic imine (C=N–C) groups is 1.